The molecule has 4 heteroatoms. The number of nitrogens with zero attached hydrogens (tertiary/aromatic N) is 2. The van der Waals surface area contributed by atoms with E-state index in [0.29, 0.717) is 6.54 Å². The maximum atomic E-state index is 5.87. The van der Waals surface area contributed by atoms with Crippen molar-refractivity contribution in [1.82, 2.24) is 9.55 Å². The van der Waals surface area contributed by atoms with Crippen LogP contribution in [0.1, 0.15) is 17.4 Å². The fourth-order valence-electron chi connectivity index (χ4n) is 1.70. The number of imidazole rings is 1. The SMILES string of the molecule is Cc1nc2cc(C(N)CN)ccc2n1C. The Balaban J connectivity index is 2.57. The molecule has 0 aliphatic carbocycles. The summed E-state index contributed by atoms with van der Waals surface area (Å²) in [6.45, 7) is 2.44. The normalized spacial score (nSPS) is 13.3. The van der Waals surface area contributed by atoms with E-state index in [-0.39, 0.29) is 6.04 Å². The van der Waals surface area contributed by atoms with Crippen molar-refractivity contribution in [3.05, 3.63) is 29.6 Å². The minimum atomic E-state index is -0.100. The van der Waals surface area contributed by atoms with Crippen molar-refractivity contribution in [1.29, 1.82) is 0 Å². The van der Waals surface area contributed by atoms with Gasteiger partial charge >= 0.3 is 0 Å². The van der Waals surface area contributed by atoms with Crippen molar-refractivity contribution < 1.29 is 0 Å². The third kappa shape index (κ3) is 1.62. The van der Waals surface area contributed by atoms with Gasteiger partial charge in [-0.2, -0.15) is 0 Å². The summed E-state index contributed by atoms with van der Waals surface area (Å²) in [6, 6.07) is 5.97. The summed E-state index contributed by atoms with van der Waals surface area (Å²) in [7, 11) is 2.01. The zero-order valence-corrected chi connectivity index (χ0v) is 9.07. The molecule has 1 unspecified atom stereocenters. The van der Waals surface area contributed by atoms with Crippen LogP contribution >= 0.6 is 0 Å². The Bertz CT molecular complexity index is 487. The van der Waals surface area contributed by atoms with Gasteiger partial charge in [0.2, 0.25) is 0 Å². The van der Waals surface area contributed by atoms with Gasteiger partial charge in [-0.05, 0) is 24.6 Å². The lowest BCUT2D eigenvalue weighted by molar-refractivity contribution is 0.738. The van der Waals surface area contributed by atoms with Crippen LogP contribution in [0.5, 0.6) is 0 Å². The summed E-state index contributed by atoms with van der Waals surface area (Å²) in [4.78, 5) is 4.46. The van der Waals surface area contributed by atoms with E-state index >= 15 is 0 Å². The number of benzene rings is 1. The first kappa shape index (κ1) is 10.1. The van der Waals surface area contributed by atoms with Crippen molar-refractivity contribution in [3.8, 4) is 0 Å². The average molecular weight is 204 g/mol. The Hall–Kier alpha value is -1.39. The van der Waals surface area contributed by atoms with E-state index in [4.69, 9.17) is 11.5 Å². The van der Waals surface area contributed by atoms with Crippen LogP contribution in [-0.4, -0.2) is 16.1 Å². The van der Waals surface area contributed by atoms with Crippen LogP contribution in [0.15, 0.2) is 18.2 Å². The highest BCUT2D eigenvalue weighted by Gasteiger charge is 2.08. The molecule has 1 aromatic heterocycles. The second kappa shape index (κ2) is 3.64. The highest BCUT2D eigenvalue weighted by atomic mass is 15.0. The summed E-state index contributed by atoms with van der Waals surface area (Å²) in [5.41, 5.74) is 14.6. The molecule has 1 aromatic carbocycles. The molecule has 15 heavy (non-hydrogen) atoms. The zero-order valence-electron chi connectivity index (χ0n) is 9.07. The molecule has 1 heterocycles. The number of hydrogen-bond donors (Lipinski definition) is 2. The van der Waals surface area contributed by atoms with E-state index in [1.54, 1.807) is 0 Å². The third-order valence-electron chi connectivity index (χ3n) is 2.81. The Labute approximate surface area is 88.9 Å². The lowest BCUT2D eigenvalue weighted by Crippen LogP contribution is -2.20. The second-order valence-electron chi connectivity index (χ2n) is 3.81. The predicted octanol–water partition coefficient (Wildman–Crippen LogP) is 0.840. The first-order valence-corrected chi connectivity index (χ1v) is 5.02. The van der Waals surface area contributed by atoms with Crippen molar-refractivity contribution in [2.24, 2.45) is 18.5 Å². The molecule has 80 valence electrons. The molecule has 4 nitrogen and oxygen atoms in total. The summed E-state index contributed by atoms with van der Waals surface area (Å²) in [5, 5.41) is 0. The summed E-state index contributed by atoms with van der Waals surface area (Å²) in [6.07, 6.45) is 0. The van der Waals surface area contributed by atoms with E-state index in [2.05, 4.69) is 9.55 Å². The third-order valence-corrected chi connectivity index (χ3v) is 2.81. The molecule has 0 amide bonds. The minimum Gasteiger partial charge on any atom is -0.331 e. The highest BCUT2D eigenvalue weighted by Crippen LogP contribution is 2.19. The van der Waals surface area contributed by atoms with Crippen LogP contribution in [0, 0.1) is 6.92 Å². The van der Waals surface area contributed by atoms with Gasteiger partial charge in [0.15, 0.2) is 0 Å². The smallest absolute Gasteiger partial charge is 0.106 e. The number of fused-ring (bicyclic) bond motifs is 1. The Morgan fingerprint density at radius 3 is 2.87 bits per heavy atom. The van der Waals surface area contributed by atoms with Gasteiger partial charge in [-0.1, -0.05) is 6.07 Å². The van der Waals surface area contributed by atoms with Gasteiger partial charge < -0.3 is 16.0 Å². The molecule has 2 rings (SSSR count). The van der Waals surface area contributed by atoms with Crippen molar-refractivity contribution >= 4 is 11.0 Å². The molecular formula is C11H16N4. The summed E-state index contributed by atoms with van der Waals surface area (Å²) in [5.74, 6) is 1.00. The monoisotopic (exact) mass is 204 g/mol. The zero-order chi connectivity index (χ0) is 11.0. The van der Waals surface area contributed by atoms with Crippen molar-refractivity contribution in [2.75, 3.05) is 6.54 Å². The Morgan fingerprint density at radius 1 is 1.47 bits per heavy atom. The van der Waals surface area contributed by atoms with Gasteiger partial charge in [-0.3, -0.25) is 0 Å². The maximum absolute atomic E-state index is 5.87. The molecule has 1 atom stereocenters. The molecule has 0 fully saturated rings. The van der Waals surface area contributed by atoms with Crippen molar-refractivity contribution in [3.63, 3.8) is 0 Å². The van der Waals surface area contributed by atoms with Crippen LogP contribution in [0.3, 0.4) is 0 Å². The topological polar surface area (TPSA) is 69.9 Å². The molecule has 0 spiro atoms. The minimum absolute atomic E-state index is 0.100. The molecule has 0 saturated carbocycles. The van der Waals surface area contributed by atoms with Crippen LogP contribution < -0.4 is 11.5 Å². The van der Waals surface area contributed by atoms with Crippen LogP contribution in [0.25, 0.3) is 11.0 Å². The van der Waals surface area contributed by atoms with Gasteiger partial charge in [0.05, 0.1) is 11.0 Å². The Morgan fingerprint density at radius 2 is 2.20 bits per heavy atom. The molecule has 0 aliphatic rings. The van der Waals surface area contributed by atoms with Gasteiger partial charge in [0.1, 0.15) is 5.82 Å². The van der Waals surface area contributed by atoms with E-state index < -0.39 is 0 Å². The number of aromatic nitrogens is 2. The van der Waals surface area contributed by atoms with E-state index in [1.165, 1.54) is 0 Å². The lowest BCUT2D eigenvalue weighted by atomic mass is 10.1. The van der Waals surface area contributed by atoms with Gasteiger partial charge in [0, 0.05) is 19.6 Å². The van der Waals surface area contributed by atoms with Gasteiger partial charge in [-0.25, -0.2) is 4.98 Å². The molecular weight excluding hydrogens is 188 g/mol. The summed E-state index contributed by atoms with van der Waals surface area (Å²) >= 11 is 0. The van der Waals surface area contributed by atoms with E-state index in [1.807, 2.05) is 32.2 Å². The fraction of sp³-hybridized carbons (Fsp3) is 0.364. The van der Waals surface area contributed by atoms with Crippen molar-refractivity contribution in [2.45, 2.75) is 13.0 Å². The van der Waals surface area contributed by atoms with Gasteiger partial charge in [0.25, 0.3) is 0 Å². The lowest BCUT2D eigenvalue weighted by Gasteiger charge is -2.08. The predicted molar refractivity (Wildman–Crippen MR) is 61.4 cm³/mol. The molecule has 2 aromatic rings. The first-order valence-electron chi connectivity index (χ1n) is 5.02. The second-order valence-corrected chi connectivity index (χ2v) is 3.81. The van der Waals surface area contributed by atoms with Gasteiger partial charge in [-0.15, -0.1) is 0 Å². The Kier molecular flexibility index (Phi) is 2.46. The molecule has 0 bridgehead atoms. The summed E-state index contributed by atoms with van der Waals surface area (Å²) < 4.78 is 2.06. The van der Waals surface area contributed by atoms with Crippen LogP contribution in [0.2, 0.25) is 0 Å². The van der Waals surface area contributed by atoms with Crippen LogP contribution in [0.4, 0.5) is 0 Å². The largest absolute Gasteiger partial charge is 0.331 e. The number of hydrogen-bond acceptors (Lipinski definition) is 3. The average Bonchev–Trinajstić information content (AvgIpc) is 2.53. The quantitative estimate of drug-likeness (QED) is 0.761. The van der Waals surface area contributed by atoms with Crippen LogP contribution in [-0.2, 0) is 7.05 Å². The molecule has 0 radical (unpaired) electrons. The maximum Gasteiger partial charge on any atom is 0.106 e. The highest BCUT2D eigenvalue weighted by molar-refractivity contribution is 5.76. The molecule has 0 saturated heterocycles. The van der Waals surface area contributed by atoms with E-state index in [9.17, 15) is 0 Å². The molecule has 0 aliphatic heterocycles. The number of aryl methyl sites for hydroxylation is 2. The first-order chi connectivity index (χ1) is 7.13. The van der Waals surface area contributed by atoms with E-state index in [0.717, 1.165) is 22.4 Å². The number of nitrogens with two attached hydrogens (primary N) is 2. The number of rotatable bonds is 2. The fourth-order valence-corrected chi connectivity index (χ4v) is 1.70. The molecule has 4 N–H and O–H groups in total. The standard InChI is InChI=1S/C11H16N4/c1-7-14-10-5-8(9(13)6-12)3-4-11(10)15(7)2/h3-5,9H,6,12-13H2,1-2H3.